The first kappa shape index (κ1) is 14.4. The van der Waals surface area contributed by atoms with Crippen molar-refractivity contribution in [3.63, 3.8) is 0 Å². The number of carbonyl (C=O) groups is 1. The summed E-state index contributed by atoms with van der Waals surface area (Å²) in [6.45, 7) is 8.00. The van der Waals surface area contributed by atoms with Crippen LogP contribution in [-0.2, 0) is 24.1 Å². The standard InChI is InChI=1S/C16H21NO/c1-5-14-9-13(6-7-17)10-15(11(2)3)16(14)8-12(4)18/h9-11H,5-6,8H2,1-4H3. The van der Waals surface area contributed by atoms with E-state index in [1.807, 2.05) is 0 Å². The average Bonchev–Trinajstić information content (AvgIpc) is 2.29. The summed E-state index contributed by atoms with van der Waals surface area (Å²) in [5.41, 5.74) is 4.66. The highest BCUT2D eigenvalue weighted by atomic mass is 16.1. The van der Waals surface area contributed by atoms with Crippen LogP contribution in [0.4, 0.5) is 0 Å². The second-order valence-electron chi connectivity index (χ2n) is 5.04. The van der Waals surface area contributed by atoms with Crippen LogP contribution in [0, 0.1) is 11.3 Å². The predicted octanol–water partition coefficient (Wildman–Crippen LogP) is 3.57. The fourth-order valence-electron chi connectivity index (χ4n) is 2.31. The molecular weight excluding hydrogens is 222 g/mol. The van der Waals surface area contributed by atoms with E-state index in [9.17, 15) is 4.79 Å². The van der Waals surface area contributed by atoms with Crippen molar-refractivity contribution in [3.05, 3.63) is 34.4 Å². The van der Waals surface area contributed by atoms with Gasteiger partial charge >= 0.3 is 0 Å². The van der Waals surface area contributed by atoms with Crippen LogP contribution in [0.25, 0.3) is 0 Å². The Kier molecular flexibility index (Phi) is 5.09. The maximum Gasteiger partial charge on any atom is 0.134 e. The molecule has 0 spiro atoms. The van der Waals surface area contributed by atoms with Gasteiger partial charge in [0, 0.05) is 6.42 Å². The Morgan fingerprint density at radius 3 is 2.50 bits per heavy atom. The molecule has 0 atom stereocenters. The van der Waals surface area contributed by atoms with Crippen LogP contribution in [0.2, 0.25) is 0 Å². The number of carbonyl (C=O) groups excluding carboxylic acids is 1. The van der Waals surface area contributed by atoms with E-state index in [1.165, 1.54) is 16.7 Å². The minimum atomic E-state index is 0.194. The molecule has 18 heavy (non-hydrogen) atoms. The van der Waals surface area contributed by atoms with Crippen molar-refractivity contribution < 1.29 is 4.79 Å². The van der Waals surface area contributed by atoms with E-state index in [1.54, 1.807) is 6.92 Å². The van der Waals surface area contributed by atoms with Crippen LogP contribution in [0.3, 0.4) is 0 Å². The highest BCUT2D eigenvalue weighted by molar-refractivity contribution is 5.79. The number of nitrogens with zero attached hydrogens (tertiary/aromatic N) is 1. The molecule has 0 fully saturated rings. The van der Waals surface area contributed by atoms with Gasteiger partial charge in [0.2, 0.25) is 0 Å². The summed E-state index contributed by atoms with van der Waals surface area (Å²) in [6, 6.07) is 6.36. The third kappa shape index (κ3) is 3.43. The molecule has 0 saturated carbocycles. The Bertz CT molecular complexity index is 481. The molecule has 0 aliphatic rings. The lowest BCUT2D eigenvalue weighted by Gasteiger charge is -2.17. The molecule has 0 aromatic heterocycles. The SMILES string of the molecule is CCc1cc(CC#N)cc(C(C)C)c1CC(C)=O. The number of hydrogen-bond acceptors (Lipinski definition) is 2. The molecule has 0 amide bonds. The number of nitriles is 1. The summed E-state index contributed by atoms with van der Waals surface area (Å²) in [4.78, 5) is 11.4. The zero-order valence-corrected chi connectivity index (χ0v) is 11.7. The van der Waals surface area contributed by atoms with Crippen LogP contribution in [0.1, 0.15) is 55.9 Å². The molecule has 96 valence electrons. The number of rotatable bonds is 5. The maximum atomic E-state index is 11.4. The molecule has 0 aliphatic carbocycles. The smallest absolute Gasteiger partial charge is 0.134 e. The van der Waals surface area contributed by atoms with Crippen molar-refractivity contribution in [3.8, 4) is 6.07 Å². The molecule has 1 aromatic carbocycles. The summed E-state index contributed by atoms with van der Waals surface area (Å²) in [5, 5.41) is 8.82. The van der Waals surface area contributed by atoms with E-state index < -0.39 is 0 Å². The highest BCUT2D eigenvalue weighted by Crippen LogP contribution is 2.26. The molecule has 1 aromatic rings. The van der Waals surface area contributed by atoms with Gasteiger partial charge in [0.05, 0.1) is 12.5 Å². The molecule has 0 radical (unpaired) electrons. The molecule has 0 heterocycles. The molecule has 1 rings (SSSR count). The molecule has 0 N–H and O–H groups in total. The van der Waals surface area contributed by atoms with Crippen LogP contribution >= 0.6 is 0 Å². The van der Waals surface area contributed by atoms with Gasteiger partial charge in [-0.2, -0.15) is 5.26 Å². The first-order valence-corrected chi connectivity index (χ1v) is 6.50. The Morgan fingerprint density at radius 1 is 1.39 bits per heavy atom. The molecule has 0 bridgehead atoms. The predicted molar refractivity (Wildman–Crippen MR) is 73.6 cm³/mol. The van der Waals surface area contributed by atoms with Gasteiger partial charge in [-0.3, -0.25) is 4.79 Å². The van der Waals surface area contributed by atoms with E-state index in [4.69, 9.17) is 5.26 Å². The summed E-state index contributed by atoms with van der Waals surface area (Å²) >= 11 is 0. The number of aryl methyl sites for hydroxylation is 1. The zero-order valence-electron chi connectivity index (χ0n) is 11.7. The number of ketones is 1. The van der Waals surface area contributed by atoms with Crippen LogP contribution in [0.5, 0.6) is 0 Å². The maximum absolute atomic E-state index is 11.4. The zero-order chi connectivity index (χ0) is 13.7. The average molecular weight is 243 g/mol. The normalized spacial score (nSPS) is 10.4. The Hall–Kier alpha value is -1.62. The van der Waals surface area contributed by atoms with E-state index >= 15 is 0 Å². The van der Waals surface area contributed by atoms with Gasteiger partial charge in [0.25, 0.3) is 0 Å². The minimum Gasteiger partial charge on any atom is -0.300 e. The first-order chi connectivity index (χ1) is 8.49. The van der Waals surface area contributed by atoms with Crippen molar-refractivity contribution in [1.29, 1.82) is 5.26 Å². The van der Waals surface area contributed by atoms with Gasteiger partial charge in [-0.25, -0.2) is 0 Å². The van der Waals surface area contributed by atoms with E-state index in [0.29, 0.717) is 18.8 Å². The van der Waals surface area contributed by atoms with Crippen LogP contribution < -0.4 is 0 Å². The second-order valence-corrected chi connectivity index (χ2v) is 5.04. The minimum absolute atomic E-state index is 0.194. The Labute approximate surface area is 110 Å². The lowest BCUT2D eigenvalue weighted by Crippen LogP contribution is -2.08. The van der Waals surface area contributed by atoms with Crippen molar-refractivity contribution in [1.82, 2.24) is 0 Å². The van der Waals surface area contributed by atoms with Crippen LogP contribution in [0.15, 0.2) is 12.1 Å². The lowest BCUT2D eigenvalue weighted by atomic mass is 9.87. The fourth-order valence-corrected chi connectivity index (χ4v) is 2.31. The summed E-state index contributed by atoms with van der Waals surface area (Å²) in [7, 11) is 0. The van der Waals surface area contributed by atoms with Crippen molar-refractivity contribution >= 4 is 5.78 Å². The first-order valence-electron chi connectivity index (χ1n) is 6.50. The second kappa shape index (κ2) is 6.35. The van der Waals surface area contributed by atoms with Gasteiger partial charge in [-0.05, 0) is 41.5 Å². The van der Waals surface area contributed by atoms with Gasteiger partial charge in [0.15, 0.2) is 0 Å². The molecule has 0 aliphatic heterocycles. The molecule has 2 nitrogen and oxygen atoms in total. The van der Waals surface area contributed by atoms with E-state index in [2.05, 4.69) is 39.0 Å². The Balaban J connectivity index is 3.36. The van der Waals surface area contributed by atoms with E-state index in [0.717, 1.165) is 12.0 Å². The molecular formula is C16H21NO. The summed E-state index contributed by atoms with van der Waals surface area (Å²) < 4.78 is 0. The third-order valence-electron chi connectivity index (χ3n) is 3.15. The number of hydrogen-bond donors (Lipinski definition) is 0. The van der Waals surface area contributed by atoms with Gasteiger partial charge in [-0.15, -0.1) is 0 Å². The molecule has 0 saturated heterocycles. The Morgan fingerprint density at radius 2 is 2.06 bits per heavy atom. The lowest BCUT2D eigenvalue weighted by molar-refractivity contribution is -0.116. The van der Waals surface area contributed by atoms with Crippen molar-refractivity contribution in [2.24, 2.45) is 0 Å². The summed E-state index contributed by atoms with van der Waals surface area (Å²) in [6.07, 6.45) is 1.85. The molecule has 0 unspecified atom stereocenters. The van der Waals surface area contributed by atoms with Gasteiger partial charge in [0.1, 0.15) is 5.78 Å². The highest BCUT2D eigenvalue weighted by Gasteiger charge is 2.14. The van der Waals surface area contributed by atoms with E-state index in [-0.39, 0.29) is 5.78 Å². The van der Waals surface area contributed by atoms with Crippen molar-refractivity contribution in [2.75, 3.05) is 0 Å². The third-order valence-corrected chi connectivity index (χ3v) is 3.15. The largest absolute Gasteiger partial charge is 0.300 e. The number of Topliss-reactive ketones (excluding diaryl/α,β-unsaturated/α-hetero) is 1. The quantitative estimate of drug-likeness (QED) is 0.793. The van der Waals surface area contributed by atoms with Crippen LogP contribution in [-0.4, -0.2) is 5.78 Å². The number of benzene rings is 1. The summed E-state index contributed by atoms with van der Waals surface area (Å²) in [5.74, 6) is 0.572. The van der Waals surface area contributed by atoms with Gasteiger partial charge < -0.3 is 0 Å². The van der Waals surface area contributed by atoms with Crippen molar-refractivity contribution in [2.45, 2.75) is 52.9 Å². The fraction of sp³-hybridized carbons (Fsp3) is 0.500. The van der Waals surface area contributed by atoms with Gasteiger partial charge in [-0.1, -0.05) is 32.9 Å². The monoisotopic (exact) mass is 243 g/mol. The topological polar surface area (TPSA) is 40.9 Å². The molecule has 2 heteroatoms.